The van der Waals surface area contributed by atoms with Crippen LogP contribution in [0.15, 0.2) is 24.3 Å². The van der Waals surface area contributed by atoms with Gasteiger partial charge >= 0.3 is 6.03 Å². The molecular formula is C15H22Cl2N4O2. The molecule has 1 aliphatic heterocycles. The first-order chi connectivity index (χ1) is 10.6. The van der Waals surface area contributed by atoms with Crippen molar-refractivity contribution in [3.05, 3.63) is 34.9 Å². The molecule has 0 saturated carbocycles. The monoisotopic (exact) mass is 360 g/mol. The lowest BCUT2D eigenvalue weighted by atomic mass is 10.2. The van der Waals surface area contributed by atoms with E-state index < -0.39 is 0 Å². The minimum absolute atomic E-state index is 0. The van der Waals surface area contributed by atoms with Crippen LogP contribution in [0.2, 0.25) is 5.02 Å². The summed E-state index contributed by atoms with van der Waals surface area (Å²) in [5, 5.41) is 9.19. The summed E-state index contributed by atoms with van der Waals surface area (Å²) in [4.78, 5) is 25.6. The van der Waals surface area contributed by atoms with Gasteiger partial charge in [-0.1, -0.05) is 23.7 Å². The number of hydrogen-bond donors (Lipinski definition) is 3. The molecule has 8 heteroatoms. The van der Waals surface area contributed by atoms with Crippen LogP contribution in [0.25, 0.3) is 0 Å². The Morgan fingerprint density at radius 3 is 2.65 bits per heavy atom. The number of benzene rings is 1. The molecule has 1 saturated heterocycles. The SMILES string of the molecule is CC1CNCCN1C(=O)CNC(=O)NCc1ccc(Cl)cc1.Cl. The van der Waals surface area contributed by atoms with Crippen LogP contribution in [0.3, 0.4) is 0 Å². The van der Waals surface area contributed by atoms with E-state index >= 15 is 0 Å². The highest BCUT2D eigenvalue weighted by molar-refractivity contribution is 6.30. The molecule has 3 N–H and O–H groups in total. The van der Waals surface area contributed by atoms with E-state index in [9.17, 15) is 9.59 Å². The predicted molar refractivity (Wildman–Crippen MR) is 93.0 cm³/mol. The van der Waals surface area contributed by atoms with Gasteiger partial charge in [-0.3, -0.25) is 4.79 Å². The Labute approximate surface area is 147 Å². The third kappa shape index (κ3) is 6.25. The number of halogens is 2. The van der Waals surface area contributed by atoms with Crippen LogP contribution < -0.4 is 16.0 Å². The molecule has 1 aromatic rings. The molecule has 1 heterocycles. The van der Waals surface area contributed by atoms with Gasteiger partial charge in [-0.05, 0) is 24.6 Å². The van der Waals surface area contributed by atoms with E-state index in [0.29, 0.717) is 18.1 Å². The third-order valence-electron chi connectivity index (χ3n) is 3.59. The minimum Gasteiger partial charge on any atom is -0.336 e. The predicted octanol–water partition coefficient (Wildman–Crippen LogP) is 1.38. The van der Waals surface area contributed by atoms with Gasteiger partial charge in [0.15, 0.2) is 0 Å². The molecule has 0 aromatic heterocycles. The van der Waals surface area contributed by atoms with Crippen molar-refractivity contribution < 1.29 is 9.59 Å². The van der Waals surface area contributed by atoms with Crippen LogP contribution in [0.5, 0.6) is 0 Å². The van der Waals surface area contributed by atoms with E-state index in [0.717, 1.165) is 18.7 Å². The van der Waals surface area contributed by atoms with E-state index in [-0.39, 0.29) is 36.9 Å². The van der Waals surface area contributed by atoms with Crippen molar-refractivity contribution in [3.8, 4) is 0 Å². The van der Waals surface area contributed by atoms with Gasteiger partial charge in [0.05, 0.1) is 6.54 Å². The molecule has 0 aliphatic carbocycles. The van der Waals surface area contributed by atoms with Gasteiger partial charge in [-0.2, -0.15) is 0 Å². The zero-order valence-corrected chi connectivity index (χ0v) is 14.5. The first-order valence-electron chi connectivity index (χ1n) is 7.32. The van der Waals surface area contributed by atoms with Crippen LogP contribution in [0, 0.1) is 0 Å². The van der Waals surface area contributed by atoms with Crippen LogP contribution in [-0.2, 0) is 11.3 Å². The number of urea groups is 1. The normalized spacial score (nSPS) is 17.1. The second kappa shape index (κ2) is 9.60. The topological polar surface area (TPSA) is 73.5 Å². The molecule has 0 radical (unpaired) electrons. The zero-order chi connectivity index (χ0) is 15.9. The lowest BCUT2D eigenvalue weighted by Crippen LogP contribution is -2.55. The molecule has 1 aromatic carbocycles. The fraction of sp³-hybridized carbons (Fsp3) is 0.467. The lowest BCUT2D eigenvalue weighted by molar-refractivity contribution is -0.132. The Hall–Kier alpha value is -1.50. The Kier molecular flexibility index (Phi) is 8.16. The van der Waals surface area contributed by atoms with Crippen molar-refractivity contribution in [1.82, 2.24) is 20.9 Å². The van der Waals surface area contributed by atoms with Gasteiger partial charge in [-0.25, -0.2) is 4.79 Å². The molecule has 1 fully saturated rings. The standard InChI is InChI=1S/C15H21ClN4O2.ClH/c1-11-8-17-6-7-20(11)14(21)10-19-15(22)18-9-12-2-4-13(16)5-3-12;/h2-5,11,17H,6-10H2,1H3,(H2,18,19,22);1H. The van der Waals surface area contributed by atoms with Crippen molar-refractivity contribution in [1.29, 1.82) is 0 Å². The van der Waals surface area contributed by atoms with Crippen molar-refractivity contribution >= 4 is 35.9 Å². The molecule has 0 bridgehead atoms. The molecule has 2 rings (SSSR count). The smallest absolute Gasteiger partial charge is 0.315 e. The van der Waals surface area contributed by atoms with Crippen molar-refractivity contribution in [2.75, 3.05) is 26.2 Å². The number of nitrogens with zero attached hydrogens (tertiary/aromatic N) is 1. The Morgan fingerprint density at radius 1 is 1.30 bits per heavy atom. The molecule has 0 spiro atoms. The number of piperazine rings is 1. The van der Waals surface area contributed by atoms with Crippen molar-refractivity contribution in [2.24, 2.45) is 0 Å². The fourth-order valence-corrected chi connectivity index (χ4v) is 2.44. The average Bonchev–Trinajstić information content (AvgIpc) is 2.52. The van der Waals surface area contributed by atoms with Crippen LogP contribution in [0.4, 0.5) is 4.79 Å². The Morgan fingerprint density at radius 2 is 2.00 bits per heavy atom. The maximum absolute atomic E-state index is 12.1. The molecule has 6 nitrogen and oxygen atoms in total. The van der Waals surface area contributed by atoms with E-state index in [4.69, 9.17) is 11.6 Å². The second-order valence-electron chi connectivity index (χ2n) is 5.30. The zero-order valence-electron chi connectivity index (χ0n) is 13.0. The molecular weight excluding hydrogens is 339 g/mol. The van der Waals surface area contributed by atoms with E-state index in [1.807, 2.05) is 19.1 Å². The Bertz CT molecular complexity index is 525. The summed E-state index contributed by atoms with van der Waals surface area (Å²) < 4.78 is 0. The number of rotatable bonds is 4. The van der Waals surface area contributed by atoms with Gasteiger partial charge in [0.1, 0.15) is 0 Å². The summed E-state index contributed by atoms with van der Waals surface area (Å²) in [6.45, 7) is 4.64. The van der Waals surface area contributed by atoms with Crippen LogP contribution in [-0.4, -0.2) is 49.1 Å². The molecule has 1 atom stereocenters. The summed E-state index contributed by atoms with van der Waals surface area (Å²) in [6.07, 6.45) is 0. The number of hydrogen-bond acceptors (Lipinski definition) is 3. The number of carbonyl (C=O) groups excluding carboxylic acids is 2. The summed E-state index contributed by atoms with van der Waals surface area (Å²) in [5.41, 5.74) is 0.946. The van der Waals surface area contributed by atoms with Crippen molar-refractivity contribution in [3.63, 3.8) is 0 Å². The van der Waals surface area contributed by atoms with Gasteiger partial charge in [0, 0.05) is 37.2 Å². The maximum Gasteiger partial charge on any atom is 0.315 e. The van der Waals surface area contributed by atoms with E-state index in [2.05, 4.69) is 16.0 Å². The van der Waals surface area contributed by atoms with Gasteiger partial charge in [0.2, 0.25) is 5.91 Å². The molecule has 1 unspecified atom stereocenters. The van der Waals surface area contributed by atoms with Crippen LogP contribution in [0.1, 0.15) is 12.5 Å². The van der Waals surface area contributed by atoms with E-state index in [1.165, 1.54) is 0 Å². The first kappa shape index (κ1) is 19.5. The van der Waals surface area contributed by atoms with Crippen molar-refractivity contribution in [2.45, 2.75) is 19.5 Å². The van der Waals surface area contributed by atoms with E-state index in [1.54, 1.807) is 17.0 Å². The fourth-order valence-electron chi connectivity index (χ4n) is 2.32. The highest BCUT2D eigenvalue weighted by Crippen LogP contribution is 2.09. The Balaban J connectivity index is 0.00000264. The second-order valence-corrected chi connectivity index (χ2v) is 5.74. The summed E-state index contributed by atoms with van der Waals surface area (Å²) in [5.74, 6) is -0.0596. The number of carbonyl (C=O) groups is 2. The highest BCUT2D eigenvalue weighted by Gasteiger charge is 2.22. The number of nitrogens with one attached hydrogen (secondary N) is 3. The first-order valence-corrected chi connectivity index (χ1v) is 7.70. The maximum atomic E-state index is 12.1. The summed E-state index contributed by atoms with van der Waals surface area (Å²) >= 11 is 5.80. The quantitative estimate of drug-likeness (QED) is 0.759. The third-order valence-corrected chi connectivity index (χ3v) is 3.84. The van der Waals surface area contributed by atoms with Crippen LogP contribution >= 0.6 is 24.0 Å². The van der Waals surface area contributed by atoms with Gasteiger partial charge in [0.25, 0.3) is 0 Å². The van der Waals surface area contributed by atoms with Gasteiger partial charge in [-0.15, -0.1) is 12.4 Å². The largest absolute Gasteiger partial charge is 0.336 e. The lowest BCUT2D eigenvalue weighted by Gasteiger charge is -2.34. The molecule has 128 valence electrons. The highest BCUT2D eigenvalue weighted by atomic mass is 35.5. The van der Waals surface area contributed by atoms with Gasteiger partial charge < -0.3 is 20.9 Å². The molecule has 1 aliphatic rings. The summed E-state index contributed by atoms with van der Waals surface area (Å²) in [6, 6.07) is 7.02. The molecule has 3 amide bonds. The average molecular weight is 361 g/mol. The molecule has 23 heavy (non-hydrogen) atoms. The number of amides is 3. The summed E-state index contributed by atoms with van der Waals surface area (Å²) in [7, 11) is 0. The minimum atomic E-state index is -0.355.